The van der Waals surface area contributed by atoms with E-state index >= 15 is 0 Å². The van der Waals surface area contributed by atoms with Crippen molar-refractivity contribution < 1.29 is 14.3 Å². The number of amides is 1. The van der Waals surface area contributed by atoms with Crippen LogP contribution in [-0.2, 0) is 11.3 Å². The summed E-state index contributed by atoms with van der Waals surface area (Å²) in [5, 5.41) is 2.84. The highest BCUT2D eigenvalue weighted by molar-refractivity contribution is 5.91. The van der Waals surface area contributed by atoms with Gasteiger partial charge in [-0.2, -0.15) is 0 Å². The highest BCUT2D eigenvalue weighted by Gasteiger charge is 2.05. The van der Waals surface area contributed by atoms with Crippen molar-refractivity contribution in [1.82, 2.24) is 14.7 Å². The number of aryl methyl sites for hydroxylation is 1. The number of hydrogen-bond donors (Lipinski definition) is 1. The molecule has 0 aliphatic heterocycles. The number of pyridine rings is 1. The monoisotopic (exact) mass is 351 g/mol. The summed E-state index contributed by atoms with van der Waals surface area (Å²) >= 11 is 0. The van der Waals surface area contributed by atoms with Crippen LogP contribution in [0.4, 0.5) is 0 Å². The molecule has 3 aromatic rings. The number of fused-ring (bicyclic) bond motifs is 1. The van der Waals surface area contributed by atoms with Gasteiger partial charge >= 0.3 is 0 Å². The van der Waals surface area contributed by atoms with E-state index in [9.17, 15) is 4.79 Å². The summed E-state index contributed by atoms with van der Waals surface area (Å²) in [5.74, 6) is 1.08. The molecule has 6 nitrogen and oxygen atoms in total. The first-order valence-corrected chi connectivity index (χ1v) is 8.22. The number of aromatic nitrogens is 2. The van der Waals surface area contributed by atoms with Crippen molar-refractivity contribution in [3.63, 3.8) is 0 Å². The lowest BCUT2D eigenvalue weighted by atomic mass is 10.2. The van der Waals surface area contributed by atoms with E-state index in [2.05, 4.69) is 10.3 Å². The van der Waals surface area contributed by atoms with Gasteiger partial charge in [-0.15, -0.1) is 0 Å². The van der Waals surface area contributed by atoms with Crippen LogP contribution in [0.3, 0.4) is 0 Å². The summed E-state index contributed by atoms with van der Waals surface area (Å²) in [6, 6.07) is 9.45. The van der Waals surface area contributed by atoms with E-state index in [1.165, 1.54) is 6.08 Å². The van der Waals surface area contributed by atoms with Crippen LogP contribution in [0.5, 0.6) is 11.5 Å². The van der Waals surface area contributed by atoms with Crippen LogP contribution in [-0.4, -0.2) is 29.5 Å². The lowest BCUT2D eigenvalue weighted by Crippen LogP contribution is -2.20. The van der Waals surface area contributed by atoms with Crippen LogP contribution in [0.2, 0.25) is 0 Å². The second kappa shape index (κ2) is 7.74. The Labute approximate surface area is 152 Å². The van der Waals surface area contributed by atoms with Crippen LogP contribution in [0, 0.1) is 6.92 Å². The van der Waals surface area contributed by atoms with Gasteiger partial charge in [0, 0.05) is 18.5 Å². The third-order valence-electron chi connectivity index (χ3n) is 4.01. The number of imidazole rings is 1. The van der Waals surface area contributed by atoms with Gasteiger partial charge in [-0.3, -0.25) is 4.79 Å². The van der Waals surface area contributed by atoms with Gasteiger partial charge < -0.3 is 19.2 Å². The van der Waals surface area contributed by atoms with Crippen LogP contribution in [0.1, 0.15) is 16.8 Å². The topological polar surface area (TPSA) is 64.9 Å². The molecule has 0 saturated heterocycles. The largest absolute Gasteiger partial charge is 0.493 e. The van der Waals surface area contributed by atoms with E-state index in [1.54, 1.807) is 26.4 Å². The van der Waals surface area contributed by atoms with Crippen molar-refractivity contribution in [2.45, 2.75) is 13.5 Å². The highest BCUT2D eigenvalue weighted by Crippen LogP contribution is 2.27. The molecular formula is C20H21N3O3. The quantitative estimate of drug-likeness (QED) is 0.694. The standard InChI is InChI=1S/C20H21N3O3/c1-14-5-4-10-23-13-16(22-20(14)23)12-21-19(24)9-7-15-6-8-17(25-2)18(11-15)26-3/h4-11,13H,12H2,1-3H3,(H,21,24). The third kappa shape index (κ3) is 3.85. The fraction of sp³-hybridized carbons (Fsp3) is 0.200. The average Bonchev–Trinajstić information content (AvgIpc) is 3.09. The zero-order chi connectivity index (χ0) is 18.5. The molecule has 0 fully saturated rings. The summed E-state index contributed by atoms with van der Waals surface area (Å²) in [7, 11) is 3.16. The normalized spacial score (nSPS) is 11.0. The number of carbonyl (C=O) groups is 1. The van der Waals surface area contributed by atoms with Crippen LogP contribution < -0.4 is 14.8 Å². The fourth-order valence-electron chi connectivity index (χ4n) is 2.65. The van der Waals surface area contributed by atoms with Gasteiger partial charge in [0.25, 0.3) is 0 Å². The Morgan fingerprint density at radius 1 is 1.23 bits per heavy atom. The Morgan fingerprint density at radius 3 is 2.77 bits per heavy atom. The number of nitrogens with one attached hydrogen (secondary N) is 1. The van der Waals surface area contributed by atoms with Gasteiger partial charge in [0.1, 0.15) is 5.65 Å². The minimum absolute atomic E-state index is 0.187. The number of ether oxygens (including phenoxy) is 2. The van der Waals surface area contributed by atoms with E-state index in [0.29, 0.717) is 18.0 Å². The first-order valence-electron chi connectivity index (χ1n) is 8.22. The van der Waals surface area contributed by atoms with Crippen molar-refractivity contribution in [2.24, 2.45) is 0 Å². The zero-order valence-electron chi connectivity index (χ0n) is 15.0. The fourth-order valence-corrected chi connectivity index (χ4v) is 2.65. The highest BCUT2D eigenvalue weighted by atomic mass is 16.5. The van der Waals surface area contributed by atoms with Crippen molar-refractivity contribution in [1.29, 1.82) is 0 Å². The summed E-state index contributed by atoms with van der Waals surface area (Å²) in [4.78, 5) is 16.6. The second-order valence-corrected chi connectivity index (χ2v) is 5.82. The molecule has 2 heterocycles. The molecule has 1 amide bonds. The van der Waals surface area contributed by atoms with E-state index in [0.717, 1.165) is 22.5 Å². The number of rotatable bonds is 6. The molecule has 1 aromatic carbocycles. The van der Waals surface area contributed by atoms with E-state index < -0.39 is 0 Å². The van der Waals surface area contributed by atoms with Crippen molar-refractivity contribution >= 4 is 17.6 Å². The van der Waals surface area contributed by atoms with Crippen LogP contribution in [0.25, 0.3) is 11.7 Å². The summed E-state index contributed by atoms with van der Waals surface area (Å²) in [5.41, 5.74) is 3.66. The number of carbonyl (C=O) groups excluding carboxylic acids is 1. The smallest absolute Gasteiger partial charge is 0.244 e. The Kier molecular flexibility index (Phi) is 5.22. The van der Waals surface area contributed by atoms with Crippen LogP contribution >= 0.6 is 0 Å². The van der Waals surface area contributed by atoms with Gasteiger partial charge in [0.05, 0.1) is 26.5 Å². The molecule has 6 heteroatoms. The molecule has 1 N–H and O–H groups in total. The molecule has 0 bridgehead atoms. The minimum atomic E-state index is -0.187. The first kappa shape index (κ1) is 17.5. The maximum absolute atomic E-state index is 12.1. The average molecular weight is 351 g/mol. The molecule has 0 aliphatic rings. The SMILES string of the molecule is COc1ccc(C=CC(=O)NCc2cn3cccc(C)c3n2)cc1OC. The van der Waals surface area contributed by atoms with Gasteiger partial charge in [-0.05, 0) is 42.3 Å². The molecule has 2 aromatic heterocycles. The van der Waals surface area contributed by atoms with Crippen molar-refractivity contribution in [3.05, 3.63) is 65.6 Å². The van der Waals surface area contributed by atoms with Gasteiger partial charge in [-0.25, -0.2) is 4.98 Å². The molecule has 26 heavy (non-hydrogen) atoms. The van der Waals surface area contributed by atoms with E-state index in [1.807, 2.05) is 48.0 Å². The zero-order valence-corrected chi connectivity index (χ0v) is 15.0. The Morgan fingerprint density at radius 2 is 2.04 bits per heavy atom. The molecule has 0 saturated carbocycles. The van der Waals surface area contributed by atoms with Gasteiger partial charge in [0.2, 0.25) is 5.91 Å². The van der Waals surface area contributed by atoms with E-state index in [-0.39, 0.29) is 5.91 Å². The molecule has 0 aliphatic carbocycles. The Balaban J connectivity index is 1.63. The maximum Gasteiger partial charge on any atom is 0.244 e. The summed E-state index contributed by atoms with van der Waals surface area (Å²) in [6.07, 6.45) is 7.08. The molecule has 3 rings (SSSR count). The molecular weight excluding hydrogens is 330 g/mol. The first-order chi connectivity index (χ1) is 12.6. The molecule has 0 unspecified atom stereocenters. The van der Waals surface area contributed by atoms with E-state index in [4.69, 9.17) is 9.47 Å². The summed E-state index contributed by atoms with van der Waals surface area (Å²) in [6.45, 7) is 2.38. The lowest BCUT2D eigenvalue weighted by Gasteiger charge is -2.07. The molecule has 0 spiro atoms. The number of nitrogens with zero attached hydrogens (tertiary/aromatic N) is 2. The minimum Gasteiger partial charge on any atom is -0.493 e. The second-order valence-electron chi connectivity index (χ2n) is 5.82. The van der Waals surface area contributed by atoms with Crippen molar-refractivity contribution in [3.8, 4) is 11.5 Å². The molecule has 0 radical (unpaired) electrons. The molecule has 134 valence electrons. The predicted octanol–water partition coefficient (Wildman–Crippen LogP) is 2.99. The third-order valence-corrected chi connectivity index (χ3v) is 4.01. The maximum atomic E-state index is 12.1. The summed E-state index contributed by atoms with van der Waals surface area (Å²) < 4.78 is 12.4. The number of hydrogen-bond acceptors (Lipinski definition) is 4. The van der Waals surface area contributed by atoms with Crippen molar-refractivity contribution in [2.75, 3.05) is 14.2 Å². The predicted molar refractivity (Wildman–Crippen MR) is 100 cm³/mol. The number of benzene rings is 1. The van der Waals surface area contributed by atoms with Gasteiger partial charge in [0.15, 0.2) is 11.5 Å². The number of methoxy groups -OCH3 is 2. The Hall–Kier alpha value is -3.28. The lowest BCUT2D eigenvalue weighted by molar-refractivity contribution is -0.116. The molecule has 0 atom stereocenters. The Bertz CT molecular complexity index is 960. The van der Waals surface area contributed by atoms with Crippen LogP contribution in [0.15, 0.2) is 48.8 Å². The van der Waals surface area contributed by atoms with Gasteiger partial charge in [-0.1, -0.05) is 12.1 Å².